The van der Waals surface area contributed by atoms with Crippen molar-refractivity contribution in [2.45, 2.75) is 42.4 Å². The van der Waals surface area contributed by atoms with Crippen LogP contribution in [-0.4, -0.2) is 35.4 Å². The molecule has 6 heteroatoms. The molecule has 2 atom stereocenters. The molecule has 18 heavy (non-hydrogen) atoms. The van der Waals surface area contributed by atoms with E-state index in [0.29, 0.717) is 6.54 Å². The lowest BCUT2D eigenvalue weighted by molar-refractivity contribution is -0.120. The van der Waals surface area contributed by atoms with Crippen molar-refractivity contribution < 1.29 is 9.53 Å². The highest BCUT2D eigenvalue weighted by atomic mass is 32.2. The number of thioether (sulfide) groups is 1. The first-order chi connectivity index (χ1) is 8.65. The van der Waals surface area contributed by atoms with Crippen LogP contribution in [0, 0.1) is 6.92 Å². The van der Waals surface area contributed by atoms with Crippen LogP contribution in [0.5, 0.6) is 0 Å². The van der Waals surface area contributed by atoms with Gasteiger partial charge in [-0.1, -0.05) is 11.8 Å². The van der Waals surface area contributed by atoms with Crippen LogP contribution >= 0.6 is 23.1 Å². The maximum atomic E-state index is 11.9. The third-order valence-electron chi connectivity index (χ3n) is 2.77. The van der Waals surface area contributed by atoms with Crippen molar-refractivity contribution in [1.82, 2.24) is 10.3 Å². The van der Waals surface area contributed by atoms with Gasteiger partial charge in [-0.3, -0.25) is 4.79 Å². The summed E-state index contributed by atoms with van der Waals surface area (Å²) in [6, 6.07) is 0. The van der Waals surface area contributed by atoms with E-state index >= 15 is 0 Å². The highest BCUT2D eigenvalue weighted by Gasteiger charge is 2.19. The predicted octanol–water partition coefficient (Wildman–Crippen LogP) is 2.23. The molecule has 1 amide bonds. The summed E-state index contributed by atoms with van der Waals surface area (Å²) in [5.41, 5.74) is 1.01. The predicted molar refractivity (Wildman–Crippen MR) is 74.2 cm³/mol. The van der Waals surface area contributed by atoms with Crippen LogP contribution in [0.25, 0.3) is 0 Å². The summed E-state index contributed by atoms with van der Waals surface area (Å²) in [5.74, 6) is 0.0587. The van der Waals surface area contributed by atoms with Gasteiger partial charge in [0.05, 0.1) is 11.4 Å². The van der Waals surface area contributed by atoms with Gasteiger partial charge in [-0.2, -0.15) is 0 Å². The third kappa shape index (κ3) is 3.96. The zero-order chi connectivity index (χ0) is 13.0. The van der Waals surface area contributed by atoms with Crippen LogP contribution < -0.4 is 5.32 Å². The number of carbonyl (C=O) groups is 1. The van der Waals surface area contributed by atoms with Crippen molar-refractivity contribution in [2.24, 2.45) is 0 Å². The molecule has 2 rings (SSSR count). The minimum atomic E-state index is -0.114. The van der Waals surface area contributed by atoms with Crippen LogP contribution in [0.1, 0.15) is 25.5 Å². The summed E-state index contributed by atoms with van der Waals surface area (Å²) >= 11 is 3.10. The van der Waals surface area contributed by atoms with Crippen LogP contribution in [0.3, 0.4) is 0 Å². The van der Waals surface area contributed by atoms with E-state index in [1.807, 2.05) is 19.2 Å². The summed E-state index contributed by atoms with van der Waals surface area (Å²) < 4.78 is 6.42. The van der Waals surface area contributed by atoms with Gasteiger partial charge in [0, 0.05) is 24.2 Å². The first-order valence-electron chi connectivity index (χ1n) is 6.13. The normalized spacial score (nSPS) is 20.9. The van der Waals surface area contributed by atoms with E-state index in [-0.39, 0.29) is 17.3 Å². The monoisotopic (exact) mass is 286 g/mol. The third-order valence-corrected chi connectivity index (χ3v) is 4.96. The Kier molecular flexibility index (Phi) is 5.03. The van der Waals surface area contributed by atoms with Gasteiger partial charge in [0.1, 0.15) is 0 Å². The van der Waals surface area contributed by atoms with Gasteiger partial charge < -0.3 is 10.1 Å². The first kappa shape index (κ1) is 13.8. The lowest BCUT2D eigenvalue weighted by Gasteiger charge is -2.13. The van der Waals surface area contributed by atoms with Gasteiger partial charge >= 0.3 is 0 Å². The Morgan fingerprint density at radius 3 is 3.22 bits per heavy atom. The second kappa shape index (κ2) is 6.54. The van der Waals surface area contributed by atoms with Crippen molar-refractivity contribution in [3.63, 3.8) is 0 Å². The SMILES string of the molecule is Cc1csc(S[C@@H](C)C(=O)NC[C@@H]2CCCO2)n1. The maximum Gasteiger partial charge on any atom is 0.233 e. The van der Waals surface area contributed by atoms with E-state index in [0.717, 1.165) is 29.5 Å². The molecule has 1 N–H and O–H groups in total. The van der Waals surface area contributed by atoms with Gasteiger partial charge in [0.25, 0.3) is 0 Å². The average Bonchev–Trinajstić information content (AvgIpc) is 2.97. The molecule has 0 spiro atoms. The Morgan fingerprint density at radius 1 is 1.78 bits per heavy atom. The molecule has 2 heterocycles. The molecular weight excluding hydrogens is 268 g/mol. The minimum Gasteiger partial charge on any atom is -0.376 e. The zero-order valence-corrected chi connectivity index (χ0v) is 12.3. The molecule has 100 valence electrons. The van der Waals surface area contributed by atoms with Crippen molar-refractivity contribution in [3.8, 4) is 0 Å². The summed E-state index contributed by atoms with van der Waals surface area (Å²) in [7, 11) is 0. The van der Waals surface area contributed by atoms with Gasteiger partial charge in [0.15, 0.2) is 4.34 Å². The first-order valence-corrected chi connectivity index (χ1v) is 7.89. The highest BCUT2D eigenvalue weighted by Crippen LogP contribution is 2.26. The Balaban J connectivity index is 1.74. The lowest BCUT2D eigenvalue weighted by Crippen LogP contribution is -2.36. The number of hydrogen-bond donors (Lipinski definition) is 1. The molecule has 1 aliphatic heterocycles. The summed E-state index contributed by atoms with van der Waals surface area (Å²) in [5, 5.41) is 4.83. The minimum absolute atomic E-state index is 0.0587. The van der Waals surface area contributed by atoms with Crippen LogP contribution in [0.2, 0.25) is 0 Å². The molecule has 0 aromatic carbocycles. The Hall–Kier alpha value is -0.590. The molecule has 1 aromatic rings. The molecule has 0 saturated carbocycles. The number of ether oxygens (including phenoxy) is 1. The van der Waals surface area contributed by atoms with E-state index < -0.39 is 0 Å². The Morgan fingerprint density at radius 2 is 2.61 bits per heavy atom. The molecule has 1 fully saturated rings. The number of rotatable bonds is 5. The molecular formula is C12H18N2O2S2. The van der Waals surface area contributed by atoms with E-state index in [2.05, 4.69) is 10.3 Å². The van der Waals surface area contributed by atoms with Crippen LogP contribution in [-0.2, 0) is 9.53 Å². The van der Waals surface area contributed by atoms with E-state index in [1.54, 1.807) is 11.3 Å². The highest BCUT2D eigenvalue weighted by molar-refractivity contribution is 8.02. The zero-order valence-electron chi connectivity index (χ0n) is 10.6. The molecule has 0 radical (unpaired) electrons. The second-order valence-electron chi connectivity index (χ2n) is 4.40. The number of aromatic nitrogens is 1. The number of hydrogen-bond acceptors (Lipinski definition) is 5. The summed E-state index contributed by atoms with van der Waals surface area (Å²) in [6.07, 6.45) is 2.35. The van der Waals surface area contributed by atoms with Crippen molar-refractivity contribution in [3.05, 3.63) is 11.1 Å². The summed E-state index contributed by atoms with van der Waals surface area (Å²) in [6.45, 7) is 5.32. The second-order valence-corrected chi connectivity index (χ2v) is 6.84. The molecule has 1 saturated heterocycles. The fraction of sp³-hybridized carbons (Fsp3) is 0.667. The van der Waals surface area contributed by atoms with Gasteiger partial charge in [0.2, 0.25) is 5.91 Å². The number of nitrogens with zero attached hydrogens (tertiary/aromatic N) is 1. The van der Waals surface area contributed by atoms with Gasteiger partial charge in [-0.25, -0.2) is 4.98 Å². The molecule has 0 bridgehead atoms. The molecule has 4 nitrogen and oxygen atoms in total. The largest absolute Gasteiger partial charge is 0.376 e. The number of amides is 1. The maximum absolute atomic E-state index is 11.9. The molecule has 0 aliphatic carbocycles. The number of aryl methyl sites for hydroxylation is 1. The van der Waals surface area contributed by atoms with Crippen molar-refractivity contribution >= 4 is 29.0 Å². The molecule has 0 unspecified atom stereocenters. The van der Waals surface area contributed by atoms with Gasteiger partial charge in [-0.15, -0.1) is 11.3 Å². The number of nitrogens with one attached hydrogen (secondary N) is 1. The molecule has 1 aliphatic rings. The summed E-state index contributed by atoms with van der Waals surface area (Å²) in [4.78, 5) is 16.2. The number of carbonyl (C=O) groups excluding carboxylic acids is 1. The van der Waals surface area contributed by atoms with Gasteiger partial charge in [-0.05, 0) is 26.7 Å². The fourth-order valence-corrected chi connectivity index (χ4v) is 3.76. The number of thiazole rings is 1. The van der Waals surface area contributed by atoms with E-state index in [1.165, 1.54) is 11.8 Å². The standard InChI is InChI=1S/C12H18N2O2S2/c1-8-7-17-12(14-8)18-9(2)11(15)13-6-10-4-3-5-16-10/h7,9-10H,3-6H2,1-2H3,(H,13,15)/t9-,10-/m0/s1. The Bertz CT molecular complexity index is 403. The van der Waals surface area contributed by atoms with E-state index in [9.17, 15) is 4.79 Å². The average molecular weight is 286 g/mol. The fourth-order valence-electron chi connectivity index (χ4n) is 1.75. The smallest absolute Gasteiger partial charge is 0.233 e. The van der Waals surface area contributed by atoms with Crippen molar-refractivity contribution in [2.75, 3.05) is 13.2 Å². The molecule has 1 aromatic heterocycles. The quantitative estimate of drug-likeness (QED) is 0.843. The van der Waals surface area contributed by atoms with Crippen LogP contribution in [0.4, 0.5) is 0 Å². The van der Waals surface area contributed by atoms with E-state index in [4.69, 9.17) is 4.74 Å². The topological polar surface area (TPSA) is 51.2 Å². The Labute approximate surface area is 116 Å². The van der Waals surface area contributed by atoms with Crippen molar-refractivity contribution in [1.29, 1.82) is 0 Å². The van der Waals surface area contributed by atoms with Crippen LogP contribution in [0.15, 0.2) is 9.72 Å². The lowest BCUT2D eigenvalue weighted by atomic mass is 10.2.